The third kappa shape index (κ3) is 4.58. The maximum Gasteiger partial charge on any atom is 0.0760 e. The summed E-state index contributed by atoms with van der Waals surface area (Å²) in [5.74, 6) is 0.817. The summed E-state index contributed by atoms with van der Waals surface area (Å²) in [7, 11) is 0. The lowest BCUT2D eigenvalue weighted by atomic mass is 9.99. The third-order valence-electron chi connectivity index (χ3n) is 2.40. The summed E-state index contributed by atoms with van der Waals surface area (Å²) in [4.78, 5) is 2.43. The second-order valence-corrected chi connectivity index (χ2v) is 5.81. The molecule has 0 aromatic carbocycles. The first-order chi connectivity index (χ1) is 6.85. The van der Waals surface area contributed by atoms with Crippen LogP contribution in [0, 0.1) is 0 Å². The lowest BCUT2D eigenvalue weighted by Gasteiger charge is -2.47. The first-order valence-corrected chi connectivity index (χ1v) is 6.16. The predicted molar refractivity (Wildman–Crippen MR) is 68.7 cm³/mol. The Balaban J connectivity index is 2.55. The van der Waals surface area contributed by atoms with Crippen molar-refractivity contribution in [3.63, 3.8) is 0 Å². The van der Waals surface area contributed by atoms with Gasteiger partial charge in [0.1, 0.15) is 0 Å². The summed E-state index contributed by atoms with van der Waals surface area (Å²) < 4.78 is 6.02. The molecule has 0 N–H and O–H groups in total. The van der Waals surface area contributed by atoms with Gasteiger partial charge in [-0.05, 0) is 27.7 Å². The van der Waals surface area contributed by atoms with Crippen molar-refractivity contribution >= 4 is 12.6 Å². The molecule has 0 radical (unpaired) electrons. The smallest absolute Gasteiger partial charge is 0.0760 e. The first kappa shape index (κ1) is 13.1. The number of ether oxygens (including phenoxy) is 1. The molecule has 0 aromatic heterocycles. The van der Waals surface area contributed by atoms with E-state index in [4.69, 9.17) is 4.74 Å². The van der Waals surface area contributed by atoms with Crippen LogP contribution in [0.5, 0.6) is 0 Å². The van der Waals surface area contributed by atoms with Crippen molar-refractivity contribution in [2.24, 2.45) is 0 Å². The molecule has 0 spiro atoms. The lowest BCUT2D eigenvalue weighted by molar-refractivity contribution is -0.178. The average Bonchev–Trinajstić information content (AvgIpc) is 1.98. The molecule has 88 valence electrons. The Hall–Kier alpha value is 0.01000. The summed E-state index contributed by atoms with van der Waals surface area (Å²) in [5.41, 5.74) is -0.0902. The highest BCUT2D eigenvalue weighted by molar-refractivity contribution is 7.80. The normalized spacial score (nSPS) is 25.9. The van der Waals surface area contributed by atoms with Crippen LogP contribution in [0.4, 0.5) is 0 Å². The van der Waals surface area contributed by atoms with E-state index in [0.29, 0.717) is 0 Å². The fourth-order valence-electron chi connectivity index (χ4n) is 2.37. The van der Waals surface area contributed by atoms with Crippen LogP contribution in [0.2, 0.25) is 0 Å². The zero-order chi connectivity index (χ0) is 11.5. The van der Waals surface area contributed by atoms with Gasteiger partial charge >= 0.3 is 0 Å². The molecule has 1 aliphatic heterocycles. The van der Waals surface area contributed by atoms with Gasteiger partial charge in [0, 0.05) is 25.4 Å². The van der Waals surface area contributed by atoms with Gasteiger partial charge in [0.15, 0.2) is 0 Å². The largest absolute Gasteiger partial charge is 0.367 e. The Kier molecular flexibility index (Phi) is 4.27. The van der Waals surface area contributed by atoms with E-state index in [0.717, 1.165) is 25.4 Å². The fourth-order valence-corrected chi connectivity index (χ4v) is 2.52. The summed E-state index contributed by atoms with van der Waals surface area (Å²) in [5, 5.41) is 0. The van der Waals surface area contributed by atoms with E-state index in [2.05, 4.69) is 57.4 Å². The van der Waals surface area contributed by atoms with Crippen molar-refractivity contribution in [1.82, 2.24) is 4.90 Å². The van der Waals surface area contributed by atoms with Gasteiger partial charge in [-0.15, -0.1) is 0 Å². The van der Waals surface area contributed by atoms with Gasteiger partial charge in [0.05, 0.1) is 11.2 Å². The number of hydrogen-bond donors (Lipinski definition) is 1. The fraction of sp³-hybridized carbons (Fsp3) is 0.833. The van der Waals surface area contributed by atoms with E-state index in [1.54, 1.807) is 0 Å². The van der Waals surface area contributed by atoms with Crippen molar-refractivity contribution in [3.05, 3.63) is 12.2 Å². The summed E-state index contributed by atoms with van der Waals surface area (Å²) in [6.07, 6.45) is 4.28. The molecule has 3 heteroatoms. The van der Waals surface area contributed by atoms with Crippen molar-refractivity contribution in [2.45, 2.75) is 38.9 Å². The van der Waals surface area contributed by atoms with Crippen LogP contribution in [-0.2, 0) is 4.74 Å². The molecule has 0 saturated carbocycles. The predicted octanol–water partition coefficient (Wildman–Crippen LogP) is 2.36. The monoisotopic (exact) mass is 229 g/mol. The van der Waals surface area contributed by atoms with Gasteiger partial charge in [0.25, 0.3) is 0 Å². The van der Waals surface area contributed by atoms with Crippen molar-refractivity contribution < 1.29 is 4.74 Å². The van der Waals surface area contributed by atoms with E-state index in [1.807, 2.05) is 0 Å². The summed E-state index contributed by atoms with van der Waals surface area (Å²) in [6.45, 7) is 11.6. The Labute approximate surface area is 99.1 Å². The molecule has 2 nitrogen and oxygen atoms in total. The molecule has 0 bridgehead atoms. The second kappa shape index (κ2) is 4.89. The molecule has 0 aromatic rings. The van der Waals surface area contributed by atoms with E-state index in [1.165, 1.54) is 0 Å². The van der Waals surface area contributed by atoms with Crippen LogP contribution >= 0.6 is 12.6 Å². The number of rotatable bonds is 3. The van der Waals surface area contributed by atoms with Gasteiger partial charge in [-0.2, -0.15) is 12.6 Å². The van der Waals surface area contributed by atoms with Crippen molar-refractivity contribution in [2.75, 3.05) is 25.4 Å². The molecule has 0 aliphatic carbocycles. The second-order valence-electron chi connectivity index (χ2n) is 5.45. The van der Waals surface area contributed by atoms with Gasteiger partial charge in [-0.1, -0.05) is 12.2 Å². The number of hydrogen-bond acceptors (Lipinski definition) is 3. The van der Waals surface area contributed by atoms with Crippen LogP contribution < -0.4 is 0 Å². The minimum atomic E-state index is -0.0451. The van der Waals surface area contributed by atoms with E-state index in [9.17, 15) is 0 Å². The van der Waals surface area contributed by atoms with Gasteiger partial charge in [-0.3, -0.25) is 4.90 Å². The molecule has 1 saturated heterocycles. The summed E-state index contributed by atoms with van der Waals surface area (Å²) >= 11 is 4.16. The Morgan fingerprint density at radius 1 is 1.13 bits per heavy atom. The zero-order valence-electron chi connectivity index (χ0n) is 10.3. The molecular formula is C12H23NOS. The molecule has 0 atom stereocenters. The maximum atomic E-state index is 6.02. The van der Waals surface area contributed by atoms with E-state index in [-0.39, 0.29) is 11.2 Å². The number of thiol groups is 1. The highest BCUT2D eigenvalue weighted by Crippen LogP contribution is 2.27. The van der Waals surface area contributed by atoms with Crippen LogP contribution in [0.3, 0.4) is 0 Å². The molecule has 15 heavy (non-hydrogen) atoms. The molecule has 0 amide bonds. The third-order valence-corrected chi connectivity index (χ3v) is 2.61. The molecule has 1 aliphatic rings. The van der Waals surface area contributed by atoms with Crippen LogP contribution in [0.25, 0.3) is 0 Å². The Bertz CT molecular complexity index is 220. The molecule has 1 rings (SSSR count). The molecular weight excluding hydrogens is 206 g/mol. The SMILES string of the molecule is CC1(C)CN(C/C=C/CS)CC(C)(C)O1. The van der Waals surface area contributed by atoms with Crippen LogP contribution in [-0.4, -0.2) is 41.5 Å². The lowest BCUT2D eigenvalue weighted by Crippen LogP contribution is -2.57. The van der Waals surface area contributed by atoms with E-state index < -0.39 is 0 Å². The van der Waals surface area contributed by atoms with Gasteiger partial charge in [0.2, 0.25) is 0 Å². The maximum absolute atomic E-state index is 6.02. The molecule has 1 heterocycles. The highest BCUT2D eigenvalue weighted by atomic mass is 32.1. The standard InChI is InChI=1S/C12H23NOS/c1-11(2)9-13(7-5-6-8-15)10-12(3,4)14-11/h5-6,15H,7-10H2,1-4H3/b6-5+. The van der Waals surface area contributed by atoms with Crippen molar-refractivity contribution in [1.29, 1.82) is 0 Å². The minimum absolute atomic E-state index is 0.0451. The van der Waals surface area contributed by atoms with Crippen molar-refractivity contribution in [3.8, 4) is 0 Å². The highest BCUT2D eigenvalue weighted by Gasteiger charge is 2.37. The van der Waals surface area contributed by atoms with E-state index >= 15 is 0 Å². The molecule has 1 fully saturated rings. The average molecular weight is 229 g/mol. The number of morpholine rings is 1. The first-order valence-electron chi connectivity index (χ1n) is 5.53. The van der Waals surface area contributed by atoms with Crippen LogP contribution in [0.15, 0.2) is 12.2 Å². The topological polar surface area (TPSA) is 12.5 Å². The quantitative estimate of drug-likeness (QED) is 0.589. The van der Waals surface area contributed by atoms with Crippen LogP contribution in [0.1, 0.15) is 27.7 Å². The zero-order valence-corrected chi connectivity index (χ0v) is 11.2. The Morgan fingerprint density at radius 2 is 1.67 bits per heavy atom. The number of nitrogens with zero attached hydrogens (tertiary/aromatic N) is 1. The van der Waals surface area contributed by atoms with Gasteiger partial charge < -0.3 is 4.74 Å². The van der Waals surface area contributed by atoms with Gasteiger partial charge in [-0.25, -0.2) is 0 Å². The summed E-state index contributed by atoms with van der Waals surface area (Å²) in [6, 6.07) is 0. The Morgan fingerprint density at radius 3 is 2.13 bits per heavy atom. The minimum Gasteiger partial charge on any atom is -0.367 e. The molecule has 0 unspecified atom stereocenters.